The molecule has 0 unspecified atom stereocenters. The minimum absolute atomic E-state index is 0.00416. The van der Waals surface area contributed by atoms with Crippen LogP contribution >= 0.6 is 0 Å². The number of hydrogen-bond acceptors (Lipinski definition) is 10. The zero-order chi connectivity index (χ0) is 34.6. The van der Waals surface area contributed by atoms with E-state index in [1.54, 1.807) is 20.8 Å². The zero-order valence-corrected chi connectivity index (χ0v) is 29.0. The predicted octanol–water partition coefficient (Wildman–Crippen LogP) is 1.76. The maximum atomic E-state index is 13.3. The Morgan fingerprint density at radius 3 is 2.00 bits per heavy atom. The van der Waals surface area contributed by atoms with E-state index in [1.807, 2.05) is 41.5 Å². The van der Waals surface area contributed by atoms with Crippen molar-refractivity contribution in [1.82, 2.24) is 26.3 Å². The lowest BCUT2D eigenvalue weighted by Gasteiger charge is -2.30. The summed E-state index contributed by atoms with van der Waals surface area (Å²) in [4.78, 5) is 55.6. The highest BCUT2D eigenvalue weighted by Crippen LogP contribution is 2.17. The number of ether oxygens (including phenoxy) is 1. The van der Waals surface area contributed by atoms with Crippen LogP contribution in [0.5, 0.6) is 0 Å². The van der Waals surface area contributed by atoms with Crippen LogP contribution in [0.25, 0.3) is 0 Å². The molecule has 0 bridgehead atoms. The van der Waals surface area contributed by atoms with E-state index < -0.39 is 63.6 Å². The second kappa shape index (κ2) is 18.1. The first-order chi connectivity index (χ1) is 20.7. The lowest BCUT2D eigenvalue weighted by Crippen LogP contribution is -2.55. The van der Waals surface area contributed by atoms with Crippen molar-refractivity contribution in [2.45, 2.75) is 106 Å². The molecule has 0 saturated carbocycles. The number of oxazole rings is 1. The molecule has 5 N–H and O–H groups in total. The van der Waals surface area contributed by atoms with Crippen LogP contribution in [-0.2, 0) is 35.6 Å². The van der Waals surface area contributed by atoms with Gasteiger partial charge in [-0.05, 0) is 37.5 Å². The van der Waals surface area contributed by atoms with Gasteiger partial charge < -0.3 is 35.5 Å². The summed E-state index contributed by atoms with van der Waals surface area (Å²) in [6, 6.07) is -3.16. The van der Waals surface area contributed by atoms with Crippen molar-refractivity contribution in [1.29, 1.82) is 0 Å². The number of carbonyl (C=O) groups excluding carboxylic acids is 4. The Morgan fingerprint density at radius 2 is 1.51 bits per heavy atom. The number of carbonyl (C=O) groups is 4. The molecular formula is C30H53N5O9S. The Hall–Kier alpha value is -3.20. The van der Waals surface area contributed by atoms with E-state index in [0.29, 0.717) is 30.3 Å². The first-order valence-corrected chi connectivity index (χ1v) is 17.4. The summed E-state index contributed by atoms with van der Waals surface area (Å²) >= 11 is 0. The number of aliphatic hydroxyl groups excluding tert-OH is 1. The lowest BCUT2D eigenvalue weighted by atomic mass is 9.91. The number of nitrogens with one attached hydrogen (secondary N) is 4. The summed E-state index contributed by atoms with van der Waals surface area (Å²) < 4.78 is 34.7. The van der Waals surface area contributed by atoms with Crippen LogP contribution in [0, 0.1) is 37.5 Å². The van der Waals surface area contributed by atoms with Crippen LogP contribution in [-0.4, -0.2) is 85.1 Å². The first kappa shape index (κ1) is 39.8. The Balaban J connectivity index is 2.98. The molecule has 4 amide bonds. The average molecular weight is 660 g/mol. The number of aromatic nitrogens is 1. The third-order valence-electron chi connectivity index (χ3n) is 6.91. The van der Waals surface area contributed by atoms with Crippen molar-refractivity contribution in [3.63, 3.8) is 0 Å². The highest BCUT2D eigenvalue weighted by Gasteiger charge is 2.33. The summed E-state index contributed by atoms with van der Waals surface area (Å²) in [5.41, 5.74) is 0.376. The third-order valence-corrected chi connectivity index (χ3v) is 7.85. The van der Waals surface area contributed by atoms with Gasteiger partial charge in [-0.2, -0.15) is 0 Å². The van der Waals surface area contributed by atoms with Gasteiger partial charge in [0.25, 0.3) is 0 Å². The van der Waals surface area contributed by atoms with Crippen LogP contribution < -0.4 is 21.3 Å². The van der Waals surface area contributed by atoms with E-state index in [0.717, 1.165) is 6.26 Å². The monoisotopic (exact) mass is 659 g/mol. The van der Waals surface area contributed by atoms with Crippen LogP contribution in [0.4, 0.5) is 4.79 Å². The number of alkyl carbamates (subject to hydrolysis) is 1. The summed E-state index contributed by atoms with van der Waals surface area (Å²) in [7, 11) is -3.74. The van der Waals surface area contributed by atoms with E-state index >= 15 is 0 Å². The lowest BCUT2D eigenvalue weighted by molar-refractivity contribution is -0.132. The average Bonchev–Trinajstić information content (AvgIpc) is 3.23. The molecule has 1 heterocycles. The molecule has 1 rings (SSSR count). The van der Waals surface area contributed by atoms with Crippen molar-refractivity contribution in [2.75, 3.05) is 18.6 Å². The summed E-state index contributed by atoms with van der Waals surface area (Å²) in [5, 5.41) is 21.7. The van der Waals surface area contributed by atoms with Gasteiger partial charge in [0, 0.05) is 25.6 Å². The number of sulfone groups is 1. The normalized spacial score (nSPS) is 15.2. The van der Waals surface area contributed by atoms with Gasteiger partial charge >= 0.3 is 6.09 Å². The van der Waals surface area contributed by atoms with E-state index in [1.165, 1.54) is 0 Å². The molecular weight excluding hydrogens is 606 g/mol. The first-order valence-electron chi connectivity index (χ1n) is 15.3. The van der Waals surface area contributed by atoms with Gasteiger partial charge in [0.1, 0.15) is 40.0 Å². The number of aliphatic hydroxyl groups is 1. The molecule has 45 heavy (non-hydrogen) atoms. The Kier molecular flexibility index (Phi) is 16.0. The minimum Gasteiger partial charge on any atom is -0.446 e. The highest BCUT2D eigenvalue weighted by molar-refractivity contribution is 7.90. The van der Waals surface area contributed by atoms with Crippen molar-refractivity contribution in [2.24, 2.45) is 23.7 Å². The fourth-order valence-electron chi connectivity index (χ4n) is 4.49. The fourth-order valence-corrected chi connectivity index (χ4v) is 5.33. The third kappa shape index (κ3) is 15.1. The van der Waals surface area contributed by atoms with E-state index in [2.05, 4.69) is 26.3 Å². The van der Waals surface area contributed by atoms with Crippen molar-refractivity contribution in [3.8, 4) is 0 Å². The van der Waals surface area contributed by atoms with E-state index in [9.17, 15) is 32.7 Å². The molecule has 5 atom stereocenters. The number of aryl methyl sites for hydroxylation is 2. The van der Waals surface area contributed by atoms with Gasteiger partial charge in [-0.15, -0.1) is 0 Å². The molecule has 258 valence electrons. The van der Waals surface area contributed by atoms with Gasteiger partial charge in [0.15, 0.2) is 5.89 Å². The van der Waals surface area contributed by atoms with Crippen LogP contribution in [0.1, 0.15) is 78.7 Å². The maximum Gasteiger partial charge on any atom is 0.408 e. The number of hydrogen-bond donors (Lipinski definition) is 5. The Labute approximate surface area is 267 Å². The molecule has 15 heteroatoms. The van der Waals surface area contributed by atoms with E-state index in [-0.39, 0.29) is 36.7 Å². The Bertz CT molecular complexity index is 1250. The molecule has 1 aromatic rings. The van der Waals surface area contributed by atoms with Crippen molar-refractivity contribution < 1.29 is 41.9 Å². The predicted molar refractivity (Wildman–Crippen MR) is 169 cm³/mol. The molecule has 0 saturated heterocycles. The van der Waals surface area contributed by atoms with Gasteiger partial charge in [-0.25, -0.2) is 18.2 Å². The van der Waals surface area contributed by atoms with Gasteiger partial charge in [-0.1, -0.05) is 48.5 Å². The SMILES string of the molecule is Cc1nc(COC(=O)N[C@@H](CS(C)(=O)=O)C(=O)N[C@H](CC(C)C)[C@@H](O)C[C@@H](C)C(=O)N[C@@H](C(=O)NCC(C)C)C(C)C)c(C)o1. The summed E-state index contributed by atoms with van der Waals surface area (Å²) in [6.07, 6.45) is -1.06. The van der Waals surface area contributed by atoms with Crippen LogP contribution in [0.3, 0.4) is 0 Å². The topological polar surface area (TPSA) is 206 Å². The van der Waals surface area contributed by atoms with Crippen LogP contribution in [0.15, 0.2) is 4.42 Å². The van der Waals surface area contributed by atoms with Gasteiger partial charge in [0.2, 0.25) is 17.7 Å². The zero-order valence-electron chi connectivity index (χ0n) is 28.2. The largest absolute Gasteiger partial charge is 0.446 e. The molecule has 0 aromatic carbocycles. The fraction of sp³-hybridized carbons (Fsp3) is 0.767. The Morgan fingerprint density at radius 1 is 0.889 bits per heavy atom. The quantitative estimate of drug-likeness (QED) is 0.154. The molecule has 0 aliphatic carbocycles. The van der Waals surface area contributed by atoms with Gasteiger partial charge in [-0.3, -0.25) is 14.4 Å². The second-order valence-electron chi connectivity index (χ2n) is 12.9. The van der Waals surface area contributed by atoms with Crippen LogP contribution in [0.2, 0.25) is 0 Å². The number of amides is 4. The molecule has 0 spiro atoms. The van der Waals surface area contributed by atoms with Gasteiger partial charge in [0.05, 0.1) is 17.9 Å². The van der Waals surface area contributed by atoms with E-state index in [4.69, 9.17) is 9.15 Å². The summed E-state index contributed by atoms with van der Waals surface area (Å²) in [5.74, 6) is -2.10. The highest BCUT2D eigenvalue weighted by atomic mass is 32.2. The second-order valence-corrected chi connectivity index (χ2v) is 15.1. The molecule has 0 aliphatic heterocycles. The van der Waals surface area contributed by atoms with Crippen molar-refractivity contribution >= 4 is 33.7 Å². The van der Waals surface area contributed by atoms with Crippen molar-refractivity contribution in [3.05, 3.63) is 17.3 Å². The smallest absolute Gasteiger partial charge is 0.408 e. The standard InChI is InChI=1S/C30H53N5O9S/c1-16(2)11-22(25(36)12-19(7)27(37)35-26(18(5)6)29(39)31-13-17(3)4)33-28(38)24(15-45(10,41)42)34-30(40)43-14-23-20(8)44-21(9)32-23/h16-19,22,24-26,36H,11-15H2,1-10H3,(H,31,39)(H,33,38)(H,34,40)(H,35,37)/t19-,22-,24+,25+,26-/m1/s1. The molecule has 1 aromatic heterocycles. The molecule has 0 aliphatic rings. The maximum absolute atomic E-state index is 13.3. The minimum atomic E-state index is -3.74. The summed E-state index contributed by atoms with van der Waals surface area (Å²) in [6.45, 7) is 16.4. The molecule has 0 fully saturated rings. The molecule has 14 nitrogen and oxygen atoms in total. The molecule has 0 radical (unpaired) electrons. The number of rotatable bonds is 18. The number of nitrogens with zero attached hydrogens (tertiary/aromatic N) is 1.